The molecular formula is C20H28N4O6. The molecular weight excluding hydrogens is 392 g/mol. The van der Waals surface area contributed by atoms with Crippen LogP contribution in [0.25, 0.3) is 0 Å². The summed E-state index contributed by atoms with van der Waals surface area (Å²) in [6.45, 7) is 7.05. The molecule has 164 valence electrons. The first kappa shape index (κ1) is 23.1. The third-order valence-electron chi connectivity index (χ3n) is 4.66. The summed E-state index contributed by atoms with van der Waals surface area (Å²) in [4.78, 5) is 48.5. The van der Waals surface area contributed by atoms with Gasteiger partial charge in [0, 0.05) is 25.7 Å². The number of imide groups is 1. The molecule has 1 saturated heterocycles. The van der Waals surface area contributed by atoms with E-state index in [4.69, 9.17) is 4.74 Å². The lowest BCUT2D eigenvalue weighted by Crippen LogP contribution is -2.42. The molecule has 3 amide bonds. The van der Waals surface area contributed by atoms with Crippen LogP contribution in [-0.2, 0) is 9.53 Å². The van der Waals surface area contributed by atoms with Crippen molar-refractivity contribution in [3.8, 4) is 0 Å². The van der Waals surface area contributed by atoms with E-state index in [9.17, 15) is 24.5 Å². The quantitative estimate of drug-likeness (QED) is 0.393. The van der Waals surface area contributed by atoms with Gasteiger partial charge in [-0.3, -0.25) is 20.2 Å². The van der Waals surface area contributed by atoms with E-state index in [1.807, 2.05) is 24.1 Å². The summed E-state index contributed by atoms with van der Waals surface area (Å²) in [6, 6.07) is 3.45. The number of rotatable bonds is 7. The van der Waals surface area contributed by atoms with E-state index in [0.717, 1.165) is 18.9 Å². The van der Waals surface area contributed by atoms with Crippen LogP contribution in [0.3, 0.4) is 0 Å². The van der Waals surface area contributed by atoms with Crippen LogP contribution in [0.1, 0.15) is 44.0 Å². The zero-order valence-corrected chi connectivity index (χ0v) is 17.5. The number of hydrogen-bond acceptors (Lipinski definition) is 7. The smallest absolute Gasteiger partial charge is 0.338 e. The first-order valence-electron chi connectivity index (χ1n) is 9.95. The van der Waals surface area contributed by atoms with Crippen LogP contribution in [0.15, 0.2) is 18.2 Å². The summed E-state index contributed by atoms with van der Waals surface area (Å²) in [5.41, 5.74) is 0.242. The number of piperidine rings is 1. The predicted octanol–water partition coefficient (Wildman–Crippen LogP) is 2.47. The number of carbonyl (C=O) groups excluding carboxylic acids is 3. The lowest BCUT2D eigenvalue weighted by molar-refractivity contribution is -0.384. The zero-order valence-electron chi connectivity index (χ0n) is 17.5. The monoisotopic (exact) mass is 420 g/mol. The number of nitrogens with one attached hydrogen (secondary N) is 2. The third kappa shape index (κ3) is 6.71. The van der Waals surface area contributed by atoms with Crippen LogP contribution in [0.5, 0.6) is 0 Å². The van der Waals surface area contributed by atoms with E-state index >= 15 is 0 Å². The number of benzene rings is 1. The normalized spacial score (nSPS) is 16.1. The molecule has 30 heavy (non-hydrogen) atoms. The third-order valence-corrected chi connectivity index (χ3v) is 4.66. The predicted molar refractivity (Wildman–Crippen MR) is 110 cm³/mol. The molecule has 1 aromatic carbocycles. The molecule has 2 rings (SSSR count). The number of nitrogens with zero attached hydrogens (tertiary/aromatic N) is 2. The highest BCUT2D eigenvalue weighted by atomic mass is 16.6. The fourth-order valence-corrected chi connectivity index (χ4v) is 3.19. The van der Waals surface area contributed by atoms with Gasteiger partial charge in [-0.15, -0.1) is 0 Å². The molecule has 1 heterocycles. The molecule has 0 aromatic heterocycles. The zero-order chi connectivity index (χ0) is 22.3. The van der Waals surface area contributed by atoms with Gasteiger partial charge in [0.2, 0.25) is 0 Å². The number of esters is 1. The summed E-state index contributed by atoms with van der Waals surface area (Å²) in [5.74, 6) is -1.03. The molecule has 1 unspecified atom stereocenters. The molecule has 0 spiro atoms. The Kier molecular flexibility index (Phi) is 8.14. The van der Waals surface area contributed by atoms with Crippen LogP contribution < -0.4 is 15.5 Å². The minimum Gasteiger partial charge on any atom is -0.452 e. The van der Waals surface area contributed by atoms with Crippen LogP contribution in [0.2, 0.25) is 0 Å². The minimum absolute atomic E-state index is 0.0347. The van der Waals surface area contributed by atoms with Crippen molar-refractivity contribution < 1.29 is 24.0 Å². The molecule has 0 radical (unpaired) electrons. The van der Waals surface area contributed by atoms with E-state index in [1.165, 1.54) is 12.1 Å². The number of nitro benzene ring substituents is 1. The van der Waals surface area contributed by atoms with Gasteiger partial charge >= 0.3 is 12.0 Å². The number of hydrogen-bond donors (Lipinski definition) is 2. The summed E-state index contributed by atoms with van der Waals surface area (Å²) in [6.07, 6.45) is 2.02. The van der Waals surface area contributed by atoms with Gasteiger partial charge < -0.3 is 15.0 Å². The number of ether oxygens (including phenoxy) is 1. The Morgan fingerprint density at radius 2 is 2.07 bits per heavy atom. The fourth-order valence-electron chi connectivity index (χ4n) is 3.19. The van der Waals surface area contributed by atoms with E-state index in [0.29, 0.717) is 31.2 Å². The highest BCUT2D eigenvalue weighted by Gasteiger charge is 2.25. The minimum atomic E-state index is -0.880. The van der Waals surface area contributed by atoms with Crippen molar-refractivity contribution in [3.63, 3.8) is 0 Å². The van der Waals surface area contributed by atoms with Gasteiger partial charge in [-0.05, 0) is 36.8 Å². The molecule has 0 saturated carbocycles. The lowest BCUT2D eigenvalue weighted by Gasteiger charge is -2.32. The summed E-state index contributed by atoms with van der Waals surface area (Å²) in [5, 5.41) is 16.1. The van der Waals surface area contributed by atoms with Crippen LogP contribution >= 0.6 is 0 Å². The second-order valence-corrected chi connectivity index (χ2v) is 7.88. The maximum Gasteiger partial charge on any atom is 0.338 e. The van der Waals surface area contributed by atoms with E-state index < -0.39 is 29.4 Å². The lowest BCUT2D eigenvalue weighted by atomic mass is 9.99. The van der Waals surface area contributed by atoms with Crippen molar-refractivity contribution in [3.05, 3.63) is 33.9 Å². The Hall–Kier alpha value is -3.17. The van der Waals surface area contributed by atoms with Crippen molar-refractivity contribution in [2.45, 2.75) is 33.6 Å². The number of amides is 3. The van der Waals surface area contributed by atoms with Gasteiger partial charge in [-0.2, -0.15) is 0 Å². The van der Waals surface area contributed by atoms with Crippen LogP contribution in [0.4, 0.5) is 16.2 Å². The van der Waals surface area contributed by atoms with Crippen LogP contribution in [0, 0.1) is 22.0 Å². The fraction of sp³-hybridized carbons (Fsp3) is 0.550. The van der Waals surface area contributed by atoms with Gasteiger partial charge in [0.1, 0.15) is 5.69 Å². The van der Waals surface area contributed by atoms with Gasteiger partial charge in [0.05, 0.1) is 10.5 Å². The van der Waals surface area contributed by atoms with E-state index in [-0.39, 0.29) is 17.2 Å². The summed E-state index contributed by atoms with van der Waals surface area (Å²) >= 11 is 0. The van der Waals surface area contributed by atoms with Crippen molar-refractivity contribution in [1.29, 1.82) is 0 Å². The average Bonchev–Trinajstić information content (AvgIpc) is 2.70. The van der Waals surface area contributed by atoms with Crippen molar-refractivity contribution >= 4 is 29.3 Å². The Morgan fingerprint density at radius 3 is 2.70 bits per heavy atom. The topological polar surface area (TPSA) is 131 Å². The first-order valence-corrected chi connectivity index (χ1v) is 9.95. The molecule has 10 nitrogen and oxygen atoms in total. The first-order chi connectivity index (χ1) is 14.2. The molecule has 10 heteroatoms. The largest absolute Gasteiger partial charge is 0.452 e. The van der Waals surface area contributed by atoms with Crippen molar-refractivity contribution in [2.75, 3.05) is 31.1 Å². The molecule has 2 N–H and O–H groups in total. The summed E-state index contributed by atoms with van der Waals surface area (Å²) in [7, 11) is 0. The Balaban J connectivity index is 1.99. The Labute approximate surface area is 175 Å². The number of anilines is 1. The summed E-state index contributed by atoms with van der Waals surface area (Å²) < 4.78 is 4.89. The number of urea groups is 1. The van der Waals surface area contributed by atoms with Crippen molar-refractivity contribution in [2.24, 2.45) is 11.8 Å². The second kappa shape index (κ2) is 10.6. The van der Waals surface area contributed by atoms with Crippen LogP contribution in [-0.4, -0.2) is 49.1 Å². The Morgan fingerprint density at radius 1 is 1.33 bits per heavy atom. The molecule has 1 atom stereocenters. The molecule has 1 fully saturated rings. The highest BCUT2D eigenvalue weighted by molar-refractivity contribution is 5.97. The molecule has 1 aliphatic heterocycles. The standard InChI is InChI=1S/C20H28N4O6/c1-13(2)10-21-20(27)22-18(25)12-30-19(26)15-6-7-16(17(9-15)24(28)29)23-8-4-5-14(3)11-23/h6-7,9,13-14H,4-5,8,10-12H2,1-3H3,(H2,21,22,25,27). The average molecular weight is 420 g/mol. The Bertz CT molecular complexity index is 810. The molecule has 1 aromatic rings. The van der Waals surface area contributed by atoms with Gasteiger partial charge in [-0.25, -0.2) is 9.59 Å². The molecule has 0 bridgehead atoms. The highest BCUT2D eigenvalue weighted by Crippen LogP contribution is 2.32. The van der Waals surface area contributed by atoms with E-state index in [2.05, 4.69) is 12.2 Å². The van der Waals surface area contributed by atoms with Crippen molar-refractivity contribution in [1.82, 2.24) is 10.6 Å². The number of nitro groups is 1. The molecule has 1 aliphatic rings. The maximum atomic E-state index is 12.2. The maximum absolute atomic E-state index is 12.2. The number of carbonyl (C=O) groups is 3. The van der Waals surface area contributed by atoms with E-state index in [1.54, 1.807) is 0 Å². The molecule has 0 aliphatic carbocycles. The SMILES string of the molecule is CC(C)CNC(=O)NC(=O)COC(=O)c1ccc(N2CCCC(C)C2)c([N+](=O)[O-])c1. The van der Waals surface area contributed by atoms with Gasteiger partial charge in [-0.1, -0.05) is 20.8 Å². The van der Waals surface area contributed by atoms with Gasteiger partial charge in [0.25, 0.3) is 11.6 Å². The van der Waals surface area contributed by atoms with Gasteiger partial charge in [0.15, 0.2) is 6.61 Å². The second-order valence-electron chi connectivity index (χ2n) is 7.88.